The van der Waals surface area contributed by atoms with Gasteiger partial charge in [0.1, 0.15) is 11.6 Å². The molecular weight excluding hydrogens is 279 g/mol. The molecule has 0 unspecified atom stereocenters. The first kappa shape index (κ1) is 15.1. The fourth-order valence-electron chi connectivity index (χ4n) is 1.85. The third-order valence-electron chi connectivity index (χ3n) is 2.92. The Morgan fingerprint density at radius 2 is 1.90 bits per heavy atom. The van der Waals surface area contributed by atoms with Crippen LogP contribution in [-0.2, 0) is 0 Å². The van der Waals surface area contributed by atoms with E-state index < -0.39 is 35.7 Å². The predicted molar refractivity (Wildman–Crippen MR) is 75.3 cm³/mol. The van der Waals surface area contributed by atoms with Crippen LogP contribution in [-0.4, -0.2) is 23.1 Å². The van der Waals surface area contributed by atoms with E-state index in [4.69, 9.17) is 10.0 Å². The fourth-order valence-corrected chi connectivity index (χ4v) is 1.85. The standard InChI is InChI=1S/C14H12BF2NO3/c1-8-5-6-11(16)12(7-8)18-14(19)9-3-2-4-10(13(9)17)15(20)21/h2-7,20-21H,1H3,(H,18,19). The lowest BCUT2D eigenvalue weighted by molar-refractivity contribution is 0.102. The van der Waals surface area contributed by atoms with Crippen molar-refractivity contribution in [1.29, 1.82) is 0 Å². The number of carbonyl (C=O) groups is 1. The second-order valence-electron chi connectivity index (χ2n) is 4.52. The van der Waals surface area contributed by atoms with Gasteiger partial charge in [0.2, 0.25) is 0 Å². The Labute approximate surface area is 120 Å². The van der Waals surface area contributed by atoms with Crippen molar-refractivity contribution >= 4 is 24.2 Å². The molecule has 2 aromatic rings. The van der Waals surface area contributed by atoms with Gasteiger partial charge in [0, 0.05) is 5.46 Å². The molecule has 7 heteroatoms. The van der Waals surface area contributed by atoms with Crippen LogP contribution < -0.4 is 10.8 Å². The second-order valence-corrected chi connectivity index (χ2v) is 4.52. The van der Waals surface area contributed by atoms with Gasteiger partial charge in [-0.1, -0.05) is 18.2 Å². The highest BCUT2D eigenvalue weighted by molar-refractivity contribution is 6.58. The highest BCUT2D eigenvalue weighted by Gasteiger charge is 2.22. The van der Waals surface area contributed by atoms with E-state index >= 15 is 0 Å². The number of rotatable bonds is 3. The zero-order chi connectivity index (χ0) is 15.6. The summed E-state index contributed by atoms with van der Waals surface area (Å²) in [5.41, 5.74) is -0.171. The number of benzene rings is 2. The SMILES string of the molecule is Cc1ccc(F)c(NC(=O)c2cccc(B(O)O)c2F)c1. The number of carbonyl (C=O) groups excluding carboxylic acids is 1. The van der Waals surface area contributed by atoms with Gasteiger partial charge in [0.15, 0.2) is 0 Å². The summed E-state index contributed by atoms with van der Waals surface area (Å²) < 4.78 is 27.5. The van der Waals surface area contributed by atoms with Crippen molar-refractivity contribution in [3.05, 3.63) is 59.2 Å². The molecule has 0 bridgehead atoms. The summed E-state index contributed by atoms with van der Waals surface area (Å²) >= 11 is 0. The Morgan fingerprint density at radius 3 is 2.57 bits per heavy atom. The summed E-state index contributed by atoms with van der Waals surface area (Å²) in [6.45, 7) is 1.72. The van der Waals surface area contributed by atoms with Crippen molar-refractivity contribution in [2.75, 3.05) is 5.32 Å². The van der Waals surface area contributed by atoms with Crippen LogP contribution in [0.15, 0.2) is 36.4 Å². The average Bonchev–Trinajstić information content (AvgIpc) is 2.42. The molecule has 2 aromatic carbocycles. The molecule has 0 radical (unpaired) electrons. The van der Waals surface area contributed by atoms with Gasteiger partial charge in [-0.15, -0.1) is 0 Å². The summed E-state index contributed by atoms with van der Waals surface area (Å²) in [7, 11) is -2.03. The molecule has 0 heterocycles. The van der Waals surface area contributed by atoms with Gasteiger partial charge in [0.25, 0.3) is 5.91 Å². The Kier molecular flexibility index (Phi) is 4.35. The van der Waals surface area contributed by atoms with Crippen LogP contribution in [0, 0.1) is 18.6 Å². The van der Waals surface area contributed by atoms with Crippen LogP contribution >= 0.6 is 0 Å². The minimum Gasteiger partial charge on any atom is -0.423 e. The molecular formula is C14H12BF2NO3. The predicted octanol–water partition coefficient (Wildman–Crippen LogP) is 1.21. The van der Waals surface area contributed by atoms with Crippen LogP contribution in [0.3, 0.4) is 0 Å². The number of anilines is 1. The molecule has 21 heavy (non-hydrogen) atoms. The van der Waals surface area contributed by atoms with Crippen molar-refractivity contribution in [3.63, 3.8) is 0 Å². The summed E-state index contributed by atoms with van der Waals surface area (Å²) in [4.78, 5) is 12.0. The molecule has 4 nitrogen and oxygen atoms in total. The van der Waals surface area contributed by atoms with E-state index in [1.807, 2.05) is 0 Å². The Bertz CT molecular complexity index is 692. The molecule has 0 aromatic heterocycles. The molecule has 0 saturated carbocycles. The Balaban J connectivity index is 2.33. The maximum Gasteiger partial charge on any atom is 0.491 e. The monoisotopic (exact) mass is 291 g/mol. The van der Waals surface area contributed by atoms with Gasteiger partial charge in [-0.25, -0.2) is 8.78 Å². The zero-order valence-corrected chi connectivity index (χ0v) is 11.1. The number of hydrogen-bond acceptors (Lipinski definition) is 3. The summed E-state index contributed by atoms with van der Waals surface area (Å²) in [5, 5.41) is 20.3. The molecule has 108 valence electrons. The van der Waals surface area contributed by atoms with E-state index in [1.54, 1.807) is 6.92 Å². The first-order chi connectivity index (χ1) is 9.90. The maximum atomic E-state index is 14.0. The van der Waals surface area contributed by atoms with Crippen molar-refractivity contribution in [2.24, 2.45) is 0 Å². The smallest absolute Gasteiger partial charge is 0.423 e. The minimum absolute atomic E-state index is 0.0747. The number of hydrogen-bond donors (Lipinski definition) is 3. The van der Waals surface area contributed by atoms with Crippen LogP contribution in [0.4, 0.5) is 14.5 Å². The molecule has 0 aliphatic carbocycles. The van der Waals surface area contributed by atoms with Crippen LogP contribution in [0.2, 0.25) is 0 Å². The topological polar surface area (TPSA) is 69.6 Å². The number of aryl methyl sites for hydroxylation is 1. The molecule has 0 spiro atoms. The van der Waals surface area contributed by atoms with Gasteiger partial charge in [-0.2, -0.15) is 0 Å². The highest BCUT2D eigenvalue weighted by atomic mass is 19.1. The van der Waals surface area contributed by atoms with Crippen molar-refractivity contribution in [2.45, 2.75) is 6.92 Å². The van der Waals surface area contributed by atoms with E-state index in [2.05, 4.69) is 5.32 Å². The van der Waals surface area contributed by atoms with Crippen molar-refractivity contribution in [3.8, 4) is 0 Å². The zero-order valence-electron chi connectivity index (χ0n) is 11.1. The third kappa shape index (κ3) is 3.26. The normalized spacial score (nSPS) is 10.3. The van der Waals surface area contributed by atoms with Gasteiger partial charge >= 0.3 is 7.12 Å². The Hall–Kier alpha value is -2.25. The van der Waals surface area contributed by atoms with E-state index in [0.717, 1.165) is 11.6 Å². The molecule has 0 atom stereocenters. The largest absolute Gasteiger partial charge is 0.491 e. The van der Waals surface area contributed by atoms with Gasteiger partial charge < -0.3 is 15.4 Å². The third-order valence-corrected chi connectivity index (χ3v) is 2.92. The van der Waals surface area contributed by atoms with Crippen LogP contribution in [0.5, 0.6) is 0 Å². The lowest BCUT2D eigenvalue weighted by Gasteiger charge is -2.10. The summed E-state index contributed by atoms with van der Waals surface area (Å²) in [6.07, 6.45) is 0. The van der Waals surface area contributed by atoms with Crippen molar-refractivity contribution < 1.29 is 23.6 Å². The van der Waals surface area contributed by atoms with Crippen LogP contribution in [0.1, 0.15) is 15.9 Å². The van der Waals surface area contributed by atoms with Crippen LogP contribution in [0.25, 0.3) is 0 Å². The van der Waals surface area contributed by atoms with Crippen molar-refractivity contribution in [1.82, 2.24) is 0 Å². The van der Waals surface area contributed by atoms with E-state index in [9.17, 15) is 13.6 Å². The Morgan fingerprint density at radius 1 is 1.19 bits per heavy atom. The minimum atomic E-state index is -2.03. The average molecular weight is 291 g/mol. The van der Waals surface area contributed by atoms with Gasteiger partial charge in [-0.3, -0.25) is 4.79 Å². The molecule has 0 aliphatic heterocycles. The molecule has 2 rings (SSSR count). The molecule has 0 saturated heterocycles. The fraction of sp³-hybridized carbons (Fsp3) is 0.0714. The lowest BCUT2D eigenvalue weighted by atomic mass is 9.79. The van der Waals surface area contributed by atoms with E-state index in [0.29, 0.717) is 0 Å². The maximum absolute atomic E-state index is 14.0. The molecule has 1 amide bonds. The first-order valence-corrected chi connectivity index (χ1v) is 6.12. The van der Waals surface area contributed by atoms with Gasteiger partial charge in [0.05, 0.1) is 11.3 Å². The molecule has 3 N–H and O–H groups in total. The molecule has 0 aliphatic rings. The summed E-state index contributed by atoms with van der Waals surface area (Å²) in [5.74, 6) is -2.58. The second kappa shape index (κ2) is 6.03. The quantitative estimate of drug-likeness (QED) is 0.744. The first-order valence-electron chi connectivity index (χ1n) is 6.12. The highest BCUT2D eigenvalue weighted by Crippen LogP contribution is 2.17. The number of halogens is 2. The van der Waals surface area contributed by atoms with Gasteiger partial charge in [-0.05, 0) is 30.7 Å². The number of amides is 1. The molecule has 0 fully saturated rings. The lowest BCUT2D eigenvalue weighted by Crippen LogP contribution is -2.34. The van der Waals surface area contributed by atoms with E-state index in [-0.39, 0.29) is 5.69 Å². The summed E-state index contributed by atoms with van der Waals surface area (Å²) in [6, 6.07) is 7.76. The number of nitrogens with one attached hydrogen (secondary N) is 1. The van der Waals surface area contributed by atoms with E-state index in [1.165, 1.54) is 30.3 Å².